The van der Waals surface area contributed by atoms with Gasteiger partial charge in [0.05, 0.1) is 5.41 Å². The number of nitrogens with two attached hydrogens (primary N) is 1. The summed E-state index contributed by atoms with van der Waals surface area (Å²) in [6.07, 6.45) is 9.79. The number of hydrogen-bond acceptors (Lipinski definition) is 3. The standard InChI is InChI=1S/C19H29NO2/c1-18-10-9-14-12(13(18)6-8-16(18)20)5-3-11-4-7-15(21)17(22)19(11,14)2/h9,11-13,16,21-22H,3-8,10,20H2,1-2H3/t11?,12-,13-,16-,18-,19-/m0/s1. The smallest absolute Gasteiger partial charge is 0.140 e. The molecule has 0 amide bonds. The van der Waals surface area contributed by atoms with Crippen LogP contribution in [0.3, 0.4) is 0 Å². The van der Waals surface area contributed by atoms with E-state index in [0.29, 0.717) is 30.2 Å². The van der Waals surface area contributed by atoms with E-state index in [-0.39, 0.29) is 22.3 Å². The van der Waals surface area contributed by atoms with Gasteiger partial charge in [-0.3, -0.25) is 0 Å². The highest BCUT2D eigenvalue weighted by Gasteiger charge is 2.57. The summed E-state index contributed by atoms with van der Waals surface area (Å²) in [5.74, 6) is 2.14. The maximum Gasteiger partial charge on any atom is 0.140 e. The average molecular weight is 303 g/mol. The second kappa shape index (κ2) is 4.53. The van der Waals surface area contributed by atoms with E-state index in [1.54, 1.807) is 0 Å². The minimum atomic E-state index is -0.334. The van der Waals surface area contributed by atoms with Gasteiger partial charge in [0, 0.05) is 12.5 Å². The number of aliphatic hydroxyl groups excluding tert-OH is 2. The zero-order chi connectivity index (χ0) is 15.7. The Morgan fingerprint density at radius 2 is 1.86 bits per heavy atom. The fraction of sp³-hybridized carbons (Fsp3) is 0.789. The Bertz CT molecular complexity index is 566. The van der Waals surface area contributed by atoms with Crippen LogP contribution < -0.4 is 5.73 Å². The van der Waals surface area contributed by atoms with E-state index in [1.165, 1.54) is 18.4 Å². The SMILES string of the molecule is C[C@@]12C3=CC[C@]4(C)[C@@H](N)CC[C@H]4[C@@H]3CCC1CCC(O)=C2O. The minimum absolute atomic E-state index is 0.219. The highest BCUT2D eigenvalue weighted by molar-refractivity contribution is 5.36. The molecule has 0 bridgehead atoms. The lowest BCUT2D eigenvalue weighted by molar-refractivity contribution is 0.0398. The topological polar surface area (TPSA) is 66.5 Å². The van der Waals surface area contributed by atoms with Crippen molar-refractivity contribution in [3.05, 3.63) is 23.2 Å². The van der Waals surface area contributed by atoms with Gasteiger partial charge in [-0.15, -0.1) is 0 Å². The first-order chi connectivity index (χ1) is 10.4. The largest absolute Gasteiger partial charge is 0.509 e. The normalized spacial score (nSPS) is 51.0. The van der Waals surface area contributed by atoms with Crippen LogP contribution in [-0.2, 0) is 0 Å². The van der Waals surface area contributed by atoms with Crippen LogP contribution in [0.5, 0.6) is 0 Å². The molecule has 4 aliphatic rings. The van der Waals surface area contributed by atoms with E-state index >= 15 is 0 Å². The molecule has 2 saturated carbocycles. The van der Waals surface area contributed by atoms with Crippen LogP contribution >= 0.6 is 0 Å². The first-order valence-corrected chi connectivity index (χ1v) is 8.96. The molecule has 1 unspecified atom stereocenters. The quantitative estimate of drug-likeness (QED) is 0.587. The maximum atomic E-state index is 10.7. The highest BCUT2D eigenvalue weighted by atomic mass is 16.3. The zero-order valence-corrected chi connectivity index (χ0v) is 13.8. The van der Waals surface area contributed by atoms with Crippen molar-refractivity contribution in [1.82, 2.24) is 0 Å². The van der Waals surface area contributed by atoms with Crippen molar-refractivity contribution < 1.29 is 10.2 Å². The fourth-order valence-electron chi connectivity index (χ4n) is 6.31. The number of rotatable bonds is 0. The number of allylic oxidation sites excluding steroid dienone is 3. The molecule has 0 aliphatic heterocycles. The summed E-state index contributed by atoms with van der Waals surface area (Å²) in [5.41, 5.74) is 7.73. The van der Waals surface area contributed by atoms with Gasteiger partial charge in [-0.1, -0.05) is 18.6 Å². The van der Waals surface area contributed by atoms with E-state index in [9.17, 15) is 10.2 Å². The van der Waals surface area contributed by atoms with Crippen LogP contribution in [0.4, 0.5) is 0 Å². The summed E-state index contributed by atoms with van der Waals surface area (Å²) in [6.45, 7) is 4.53. The molecule has 122 valence electrons. The Hall–Kier alpha value is -0.960. The van der Waals surface area contributed by atoms with Crippen LogP contribution in [0, 0.1) is 28.6 Å². The number of fused-ring (bicyclic) bond motifs is 5. The van der Waals surface area contributed by atoms with E-state index in [1.807, 2.05) is 0 Å². The third-order valence-electron chi connectivity index (χ3n) is 7.87. The van der Waals surface area contributed by atoms with Crippen molar-refractivity contribution in [3.8, 4) is 0 Å². The molecule has 4 aliphatic carbocycles. The molecule has 0 radical (unpaired) electrons. The molecule has 0 aromatic carbocycles. The monoisotopic (exact) mass is 303 g/mol. The Balaban J connectivity index is 1.80. The molecule has 3 heteroatoms. The average Bonchev–Trinajstić information content (AvgIpc) is 2.80. The summed E-state index contributed by atoms with van der Waals surface area (Å²) < 4.78 is 0. The predicted molar refractivity (Wildman–Crippen MR) is 87.3 cm³/mol. The van der Waals surface area contributed by atoms with E-state index < -0.39 is 0 Å². The lowest BCUT2D eigenvalue weighted by Gasteiger charge is -2.55. The second-order valence-corrected chi connectivity index (χ2v) is 8.58. The molecule has 4 rings (SSSR count). The predicted octanol–water partition coefficient (Wildman–Crippen LogP) is 4.21. The Labute approximate surface area is 133 Å². The molecule has 0 aromatic heterocycles. The van der Waals surface area contributed by atoms with Crippen LogP contribution in [0.15, 0.2) is 23.2 Å². The molecule has 22 heavy (non-hydrogen) atoms. The van der Waals surface area contributed by atoms with Crippen molar-refractivity contribution in [1.29, 1.82) is 0 Å². The van der Waals surface area contributed by atoms with Crippen molar-refractivity contribution >= 4 is 0 Å². The number of hydrogen-bond donors (Lipinski definition) is 3. The summed E-state index contributed by atoms with van der Waals surface area (Å²) in [5, 5.41) is 20.8. The van der Waals surface area contributed by atoms with Gasteiger partial charge in [0.2, 0.25) is 0 Å². The molecule has 0 spiro atoms. The van der Waals surface area contributed by atoms with Crippen molar-refractivity contribution in [2.75, 3.05) is 0 Å². The maximum absolute atomic E-state index is 10.7. The zero-order valence-electron chi connectivity index (χ0n) is 13.8. The van der Waals surface area contributed by atoms with Crippen molar-refractivity contribution in [3.63, 3.8) is 0 Å². The molecule has 0 heterocycles. The van der Waals surface area contributed by atoms with E-state index in [4.69, 9.17) is 5.73 Å². The van der Waals surface area contributed by atoms with Crippen LogP contribution in [0.2, 0.25) is 0 Å². The molecular weight excluding hydrogens is 274 g/mol. The lowest BCUT2D eigenvalue weighted by Crippen LogP contribution is -2.49. The number of aliphatic hydroxyl groups is 2. The molecule has 3 nitrogen and oxygen atoms in total. The van der Waals surface area contributed by atoms with Crippen LogP contribution in [0.1, 0.15) is 58.8 Å². The third-order valence-corrected chi connectivity index (χ3v) is 7.87. The minimum Gasteiger partial charge on any atom is -0.509 e. The van der Waals surface area contributed by atoms with Crippen LogP contribution in [-0.4, -0.2) is 16.3 Å². The molecular formula is C19H29NO2. The summed E-state index contributed by atoms with van der Waals surface area (Å²) >= 11 is 0. The third kappa shape index (κ3) is 1.61. The molecule has 0 saturated heterocycles. The van der Waals surface area contributed by atoms with Gasteiger partial charge in [-0.2, -0.15) is 0 Å². The molecule has 2 fully saturated rings. The molecule has 4 N–H and O–H groups in total. The van der Waals surface area contributed by atoms with Gasteiger partial charge in [0.15, 0.2) is 0 Å². The van der Waals surface area contributed by atoms with Gasteiger partial charge < -0.3 is 15.9 Å². The highest BCUT2D eigenvalue weighted by Crippen LogP contribution is 2.64. The Morgan fingerprint density at radius 1 is 1.09 bits per heavy atom. The summed E-state index contributed by atoms with van der Waals surface area (Å²) in [7, 11) is 0. The van der Waals surface area contributed by atoms with Crippen molar-refractivity contribution in [2.24, 2.45) is 34.3 Å². The van der Waals surface area contributed by atoms with Gasteiger partial charge in [0.25, 0.3) is 0 Å². The molecule has 0 aromatic rings. The molecule has 6 atom stereocenters. The first-order valence-electron chi connectivity index (χ1n) is 8.96. The summed E-state index contributed by atoms with van der Waals surface area (Å²) in [4.78, 5) is 0. The lowest BCUT2D eigenvalue weighted by atomic mass is 9.50. The van der Waals surface area contributed by atoms with Crippen molar-refractivity contribution in [2.45, 2.75) is 64.8 Å². The van der Waals surface area contributed by atoms with Gasteiger partial charge in [-0.05, 0) is 68.6 Å². The second-order valence-electron chi connectivity index (χ2n) is 8.58. The van der Waals surface area contributed by atoms with Gasteiger partial charge in [-0.25, -0.2) is 0 Å². The Kier molecular flexibility index (Phi) is 3.01. The Morgan fingerprint density at radius 3 is 2.64 bits per heavy atom. The van der Waals surface area contributed by atoms with E-state index in [0.717, 1.165) is 25.7 Å². The first kappa shape index (κ1) is 14.6. The fourth-order valence-corrected chi connectivity index (χ4v) is 6.31. The summed E-state index contributed by atoms with van der Waals surface area (Å²) in [6, 6.07) is 0.310. The van der Waals surface area contributed by atoms with E-state index in [2.05, 4.69) is 19.9 Å². The van der Waals surface area contributed by atoms with Crippen LogP contribution in [0.25, 0.3) is 0 Å². The van der Waals surface area contributed by atoms with Gasteiger partial charge >= 0.3 is 0 Å². The van der Waals surface area contributed by atoms with Gasteiger partial charge in [0.1, 0.15) is 11.5 Å².